The summed E-state index contributed by atoms with van der Waals surface area (Å²) in [6.45, 7) is 0.550. The van der Waals surface area contributed by atoms with E-state index in [9.17, 15) is 4.79 Å². The van der Waals surface area contributed by atoms with Gasteiger partial charge in [-0.3, -0.25) is 4.79 Å². The number of nitrogens with zero attached hydrogens (tertiary/aromatic N) is 1. The Morgan fingerprint density at radius 2 is 1.76 bits per heavy atom. The first-order valence-electron chi connectivity index (χ1n) is 6.75. The van der Waals surface area contributed by atoms with Crippen LogP contribution in [-0.4, -0.2) is 13.0 Å². The Hall–Kier alpha value is -2.80. The van der Waals surface area contributed by atoms with Crippen LogP contribution in [0, 0.1) is 11.3 Å². The van der Waals surface area contributed by atoms with Crippen LogP contribution in [0.15, 0.2) is 48.5 Å². The first kappa shape index (κ1) is 14.6. The Bertz CT molecular complexity index is 674. The lowest BCUT2D eigenvalue weighted by molar-refractivity contribution is -0.119. The van der Waals surface area contributed by atoms with Gasteiger partial charge in [0.1, 0.15) is 0 Å². The van der Waals surface area contributed by atoms with Crippen molar-refractivity contribution < 1.29 is 4.79 Å². The molecule has 0 heterocycles. The lowest BCUT2D eigenvalue weighted by atomic mass is 10.1. The van der Waals surface area contributed by atoms with E-state index in [1.54, 1.807) is 13.1 Å². The molecule has 0 unspecified atom stereocenters. The molecule has 2 rings (SSSR count). The molecule has 0 bridgehead atoms. The molecule has 0 atom stereocenters. The van der Waals surface area contributed by atoms with Crippen molar-refractivity contribution in [2.45, 2.75) is 13.0 Å². The molecule has 0 aliphatic rings. The Balaban J connectivity index is 2.13. The lowest BCUT2D eigenvalue weighted by Crippen LogP contribution is -2.20. The van der Waals surface area contributed by atoms with Crippen molar-refractivity contribution in [3.8, 4) is 6.07 Å². The molecule has 0 aliphatic carbocycles. The average molecular weight is 279 g/mol. The highest BCUT2D eigenvalue weighted by Gasteiger charge is 2.07. The number of nitriles is 1. The molecular formula is C17H17N3O. The molecule has 106 valence electrons. The van der Waals surface area contributed by atoms with Gasteiger partial charge in [0.15, 0.2) is 0 Å². The summed E-state index contributed by atoms with van der Waals surface area (Å²) in [5.41, 5.74) is 3.45. The third-order valence-corrected chi connectivity index (χ3v) is 3.25. The van der Waals surface area contributed by atoms with Crippen LogP contribution in [0.25, 0.3) is 0 Å². The van der Waals surface area contributed by atoms with Gasteiger partial charge in [0.05, 0.1) is 18.1 Å². The third kappa shape index (κ3) is 3.83. The number of rotatable bonds is 5. The molecule has 4 nitrogen and oxygen atoms in total. The smallest absolute Gasteiger partial charge is 0.224 e. The maximum absolute atomic E-state index is 11.5. The summed E-state index contributed by atoms with van der Waals surface area (Å²) in [5.74, 6) is -0.0262. The summed E-state index contributed by atoms with van der Waals surface area (Å²) < 4.78 is 0. The largest absolute Gasteiger partial charge is 0.381 e. The monoisotopic (exact) mass is 279 g/mol. The molecule has 0 fully saturated rings. The van der Waals surface area contributed by atoms with Gasteiger partial charge in [-0.05, 0) is 23.3 Å². The van der Waals surface area contributed by atoms with Crippen LogP contribution < -0.4 is 10.6 Å². The van der Waals surface area contributed by atoms with Crippen molar-refractivity contribution in [3.63, 3.8) is 0 Å². The molecule has 4 heteroatoms. The highest BCUT2D eigenvalue weighted by molar-refractivity contribution is 5.80. The number of carbonyl (C=O) groups is 1. The highest BCUT2D eigenvalue weighted by atomic mass is 16.1. The van der Waals surface area contributed by atoms with Gasteiger partial charge in [-0.25, -0.2) is 0 Å². The van der Waals surface area contributed by atoms with E-state index >= 15 is 0 Å². The van der Waals surface area contributed by atoms with Crippen LogP contribution >= 0.6 is 0 Å². The van der Waals surface area contributed by atoms with E-state index in [2.05, 4.69) is 16.7 Å². The normalized spacial score (nSPS) is 9.71. The van der Waals surface area contributed by atoms with E-state index in [4.69, 9.17) is 5.26 Å². The molecule has 1 amide bonds. The Labute approximate surface area is 124 Å². The fourth-order valence-electron chi connectivity index (χ4n) is 2.08. The van der Waals surface area contributed by atoms with Gasteiger partial charge in [-0.1, -0.05) is 36.4 Å². The number of hydrogen-bond acceptors (Lipinski definition) is 3. The minimum absolute atomic E-state index is 0.0262. The quantitative estimate of drug-likeness (QED) is 0.883. The van der Waals surface area contributed by atoms with Crippen LogP contribution in [0.3, 0.4) is 0 Å². The second-order valence-corrected chi connectivity index (χ2v) is 4.63. The molecule has 2 aromatic rings. The molecule has 0 spiro atoms. The van der Waals surface area contributed by atoms with Crippen molar-refractivity contribution in [2.75, 3.05) is 12.4 Å². The van der Waals surface area contributed by atoms with Crippen LogP contribution in [0.1, 0.15) is 16.7 Å². The maximum Gasteiger partial charge on any atom is 0.224 e. The molecule has 0 aliphatic heterocycles. The molecular weight excluding hydrogens is 262 g/mol. The van der Waals surface area contributed by atoms with Gasteiger partial charge in [-0.15, -0.1) is 0 Å². The molecule has 0 aromatic heterocycles. The maximum atomic E-state index is 11.5. The van der Waals surface area contributed by atoms with E-state index in [0.29, 0.717) is 18.5 Å². The van der Waals surface area contributed by atoms with Crippen LogP contribution in [0.2, 0.25) is 0 Å². The Morgan fingerprint density at radius 3 is 2.48 bits per heavy atom. The standard InChI is InChI=1S/C17H17N3O/c1-19-17(21)10-13-6-4-5-9-16(13)20-12-15-8-3-2-7-14(15)11-18/h2-9,20H,10,12H2,1H3,(H,19,21). The summed E-state index contributed by atoms with van der Waals surface area (Å²) in [5, 5.41) is 15.0. The minimum Gasteiger partial charge on any atom is -0.381 e. The molecule has 2 N–H and O–H groups in total. The van der Waals surface area contributed by atoms with E-state index in [1.807, 2.05) is 42.5 Å². The minimum atomic E-state index is -0.0262. The summed E-state index contributed by atoms with van der Waals surface area (Å²) in [4.78, 5) is 11.5. The van der Waals surface area contributed by atoms with E-state index < -0.39 is 0 Å². The number of para-hydroxylation sites is 1. The molecule has 2 aromatic carbocycles. The summed E-state index contributed by atoms with van der Waals surface area (Å²) in [7, 11) is 1.63. The Kier molecular flexibility index (Phi) is 4.94. The number of nitrogens with one attached hydrogen (secondary N) is 2. The van der Waals surface area contributed by atoms with Crippen LogP contribution in [0.5, 0.6) is 0 Å². The fraction of sp³-hybridized carbons (Fsp3) is 0.176. The average Bonchev–Trinajstić information content (AvgIpc) is 2.54. The molecule has 0 saturated carbocycles. The predicted molar refractivity (Wildman–Crippen MR) is 82.7 cm³/mol. The van der Waals surface area contributed by atoms with Crippen molar-refractivity contribution >= 4 is 11.6 Å². The number of benzene rings is 2. The van der Waals surface area contributed by atoms with Crippen molar-refractivity contribution in [1.29, 1.82) is 5.26 Å². The summed E-state index contributed by atoms with van der Waals surface area (Å²) in [6.07, 6.45) is 0.333. The summed E-state index contributed by atoms with van der Waals surface area (Å²) >= 11 is 0. The highest BCUT2D eigenvalue weighted by Crippen LogP contribution is 2.17. The Morgan fingerprint density at radius 1 is 1.10 bits per heavy atom. The topological polar surface area (TPSA) is 64.9 Å². The third-order valence-electron chi connectivity index (χ3n) is 3.25. The van der Waals surface area contributed by atoms with Crippen LogP contribution in [0.4, 0.5) is 5.69 Å². The van der Waals surface area contributed by atoms with Gasteiger partial charge >= 0.3 is 0 Å². The van der Waals surface area contributed by atoms with Crippen molar-refractivity contribution in [1.82, 2.24) is 5.32 Å². The van der Waals surface area contributed by atoms with E-state index in [1.165, 1.54) is 0 Å². The van der Waals surface area contributed by atoms with Crippen molar-refractivity contribution in [3.05, 3.63) is 65.2 Å². The summed E-state index contributed by atoms with van der Waals surface area (Å²) in [6, 6.07) is 17.4. The zero-order valence-electron chi connectivity index (χ0n) is 11.9. The number of carbonyl (C=O) groups excluding carboxylic acids is 1. The molecule has 0 radical (unpaired) electrons. The second-order valence-electron chi connectivity index (χ2n) is 4.63. The molecule has 0 saturated heterocycles. The van der Waals surface area contributed by atoms with Gasteiger partial charge in [0.2, 0.25) is 5.91 Å². The molecule has 21 heavy (non-hydrogen) atoms. The number of hydrogen-bond donors (Lipinski definition) is 2. The number of amides is 1. The first-order chi connectivity index (χ1) is 10.2. The van der Waals surface area contributed by atoms with Crippen LogP contribution in [-0.2, 0) is 17.8 Å². The van der Waals surface area contributed by atoms with Gasteiger partial charge in [-0.2, -0.15) is 5.26 Å². The predicted octanol–water partition coefficient (Wildman–Crippen LogP) is 2.46. The van der Waals surface area contributed by atoms with Gasteiger partial charge < -0.3 is 10.6 Å². The van der Waals surface area contributed by atoms with Gasteiger partial charge in [0.25, 0.3) is 0 Å². The number of anilines is 1. The zero-order valence-corrected chi connectivity index (χ0v) is 11.9. The zero-order chi connectivity index (χ0) is 15.1. The lowest BCUT2D eigenvalue weighted by Gasteiger charge is -2.12. The van der Waals surface area contributed by atoms with E-state index in [-0.39, 0.29) is 5.91 Å². The second kappa shape index (κ2) is 7.11. The van der Waals surface area contributed by atoms with Gasteiger partial charge in [0, 0.05) is 19.3 Å². The fourth-order valence-corrected chi connectivity index (χ4v) is 2.08. The SMILES string of the molecule is CNC(=O)Cc1ccccc1NCc1ccccc1C#N. The first-order valence-corrected chi connectivity index (χ1v) is 6.75. The van der Waals surface area contributed by atoms with E-state index in [0.717, 1.165) is 16.8 Å². The van der Waals surface area contributed by atoms with Crippen molar-refractivity contribution in [2.24, 2.45) is 0 Å². The number of likely N-dealkylation sites (N-methyl/N-ethyl adjacent to an activating group) is 1.